The maximum atomic E-state index is 13.7. The predicted octanol–water partition coefficient (Wildman–Crippen LogP) is 3.80. The molecule has 3 N–H and O–H groups in total. The van der Waals surface area contributed by atoms with Crippen molar-refractivity contribution in [2.24, 2.45) is 5.41 Å². The van der Waals surface area contributed by atoms with Gasteiger partial charge in [0, 0.05) is 56.2 Å². The Labute approximate surface area is 237 Å². The van der Waals surface area contributed by atoms with Crippen LogP contribution in [0.2, 0.25) is 0 Å². The number of rotatable bonds is 9. The molecular formula is C26H34F2N6O4S2. The van der Waals surface area contributed by atoms with E-state index >= 15 is 0 Å². The fraction of sp³-hybridized carbons (Fsp3) is 0.577. The molecule has 10 nitrogen and oxygen atoms in total. The molecule has 0 radical (unpaired) electrons. The standard InChI is InChI=1S/C26H34F2N6O4S2/c1-39-20-2-3-21(30-23(20)34-12-8-26(27,28)9-13-34)31-24(36)18-17-29-22(32-40(37,38)15-14-35)16-19(18)33-10-6-25(4-5-25)7-11-33/h2-3,16-17,35H,4-15H2,1H3,(H,29,32)(H,30,31,36). The van der Waals surface area contributed by atoms with Crippen molar-refractivity contribution >= 4 is 50.8 Å². The topological polar surface area (TPSA) is 128 Å². The third-order valence-electron chi connectivity index (χ3n) is 7.96. The molecule has 5 rings (SSSR count). The number of nitrogens with one attached hydrogen (secondary N) is 2. The van der Waals surface area contributed by atoms with Crippen LogP contribution in [0.4, 0.5) is 31.9 Å². The number of aliphatic hydroxyl groups excluding tert-OH is 1. The molecule has 3 fully saturated rings. The van der Waals surface area contributed by atoms with E-state index in [1.165, 1.54) is 30.8 Å². The summed E-state index contributed by atoms with van der Waals surface area (Å²) in [6.07, 6.45) is 7.15. The molecule has 4 heterocycles. The number of thioether (sulfide) groups is 1. The van der Waals surface area contributed by atoms with Crippen LogP contribution in [0.1, 0.15) is 48.9 Å². The number of carbonyl (C=O) groups is 1. The Kier molecular flexibility index (Phi) is 8.13. The first-order valence-corrected chi connectivity index (χ1v) is 16.3. The number of sulfonamides is 1. The monoisotopic (exact) mass is 596 g/mol. The number of aliphatic hydroxyl groups is 1. The molecule has 1 aliphatic carbocycles. The fourth-order valence-electron chi connectivity index (χ4n) is 5.29. The number of aromatic nitrogens is 2. The number of carbonyl (C=O) groups excluding carboxylic acids is 1. The van der Waals surface area contributed by atoms with Crippen molar-refractivity contribution in [2.75, 3.05) is 64.6 Å². The average Bonchev–Trinajstić information content (AvgIpc) is 3.67. The maximum absolute atomic E-state index is 13.7. The maximum Gasteiger partial charge on any atom is 0.260 e. The van der Waals surface area contributed by atoms with E-state index in [1.54, 1.807) is 12.1 Å². The molecular weight excluding hydrogens is 562 g/mol. The van der Waals surface area contributed by atoms with E-state index in [0.29, 0.717) is 16.9 Å². The molecule has 40 heavy (non-hydrogen) atoms. The lowest BCUT2D eigenvalue weighted by atomic mass is 9.93. The normalized spacial score (nSPS) is 19.9. The minimum absolute atomic E-state index is 0.0679. The van der Waals surface area contributed by atoms with Gasteiger partial charge in [0.1, 0.15) is 17.5 Å². The molecule has 14 heteroatoms. The largest absolute Gasteiger partial charge is 0.395 e. The molecule has 0 aromatic carbocycles. The molecule has 1 saturated carbocycles. The second-order valence-electron chi connectivity index (χ2n) is 10.7. The summed E-state index contributed by atoms with van der Waals surface area (Å²) in [4.78, 5) is 27.0. The third-order valence-corrected chi connectivity index (χ3v) is 9.96. The van der Waals surface area contributed by atoms with Gasteiger partial charge in [-0.05, 0) is 49.5 Å². The molecule has 0 atom stereocenters. The van der Waals surface area contributed by atoms with Crippen LogP contribution < -0.4 is 19.8 Å². The minimum atomic E-state index is -3.80. The van der Waals surface area contributed by atoms with Gasteiger partial charge >= 0.3 is 0 Å². The smallest absolute Gasteiger partial charge is 0.260 e. The number of halogens is 2. The van der Waals surface area contributed by atoms with Crippen LogP contribution in [0.25, 0.3) is 0 Å². The van der Waals surface area contributed by atoms with Crippen molar-refractivity contribution in [1.82, 2.24) is 9.97 Å². The number of anilines is 4. The number of amides is 1. The first-order valence-electron chi connectivity index (χ1n) is 13.4. The molecule has 1 amide bonds. The molecule has 2 saturated heterocycles. The summed E-state index contributed by atoms with van der Waals surface area (Å²) in [5, 5.41) is 11.9. The second kappa shape index (κ2) is 11.3. The van der Waals surface area contributed by atoms with Crippen LogP contribution in [0.15, 0.2) is 29.3 Å². The Morgan fingerprint density at radius 2 is 1.73 bits per heavy atom. The number of pyridine rings is 2. The Bertz CT molecular complexity index is 1350. The van der Waals surface area contributed by atoms with Crippen molar-refractivity contribution in [2.45, 2.75) is 49.3 Å². The van der Waals surface area contributed by atoms with Gasteiger partial charge in [-0.15, -0.1) is 11.8 Å². The number of alkyl halides is 2. The van der Waals surface area contributed by atoms with Crippen LogP contribution in [0.5, 0.6) is 0 Å². The zero-order valence-electron chi connectivity index (χ0n) is 22.3. The number of piperidine rings is 2. The molecule has 2 aliphatic heterocycles. The van der Waals surface area contributed by atoms with Gasteiger partial charge in [-0.1, -0.05) is 0 Å². The lowest BCUT2D eigenvalue weighted by Crippen LogP contribution is -2.40. The van der Waals surface area contributed by atoms with Crippen molar-refractivity contribution in [3.8, 4) is 0 Å². The van der Waals surface area contributed by atoms with E-state index < -0.39 is 34.2 Å². The van der Waals surface area contributed by atoms with Gasteiger partial charge in [0.15, 0.2) is 0 Å². The van der Waals surface area contributed by atoms with Gasteiger partial charge < -0.3 is 20.2 Å². The average molecular weight is 597 g/mol. The molecule has 0 unspecified atom stereocenters. The summed E-state index contributed by atoms with van der Waals surface area (Å²) in [6, 6.07) is 5.04. The molecule has 2 aromatic rings. The number of hydrogen-bond donors (Lipinski definition) is 3. The van der Waals surface area contributed by atoms with E-state index in [2.05, 4.69) is 24.9 Å². The van der Waals surface area contributed by atoms with Crippen LogP contribution in [0, 0.1) is 5.41 Å². The minimum Gasteiger partial charge on any atom is -0.395 e. The first kappa shape index (κ1) is 28.8. The van der Waals surface area contributed by atoms with Crippen LogP contribution >= 0.6 is 11.8 Å². The van der Waals surface area contributed by atoms with Gasteiger partial charge in [-0.2, -0.15) is 0 Å². The SMILES string of the molecule is CSc1ccc(NC(=O)c2cnc(NS(=O)(=O)CCO)cc2N2CCC3(CC2)CC3)nc1N1CCC(F)(F)CC1. The zero-order valence-corrected chi connectivity index (χ0v) is 24.0. The molecule has 2 aromatic heterocycles. The lowest BCUT2D eigenvalue weighted by Gasteiger charge is -2.35. The quantitative estimate of drug-likeness (QED) is 0.371. The Balaban J connectivity index is 1.40. The van der Waals surface area contributed by atoms with Crippen LogP contribution in [0.3, 0.4) is 0 Å². The molecule has 1 spiro atoms. The summed E-state index contributed by atoms with van der Waals surface area (Å²) >= 11 is 1.46. The van der Waals surface area contributed by atoms with Gasteiger partial charge in [0.2, 0.25) is 10.0 Å². The summed E-state index contributed by atoms with van der Waals surface area (Å²) in [5.74, 6) is -2.70. The van der Waals surface area contributed by atoms with E-state index in [9.17, 15) is 22.0 Å². The summed E-state index contributed by atoms with van der Waals surface area (Å²) in [6.45, 7) is 1.28. The van der Waals surface area contributed by atoms with Crippen LogP contribution in [-0.2, 0) is 10.0 Å². The third kappa shape index (κ3) is 6.60. The van der Waals surface area contributed by atoms with Gasteiger partial charge in [0.05, 0.1) is 23.6 Å². The summed E-state index contributed by atoms with van der Waals surface area (Å²) < 4.78 is 54.3. The fourth-order valence-corrected chi connectivity index (χ4v) is 6.62. The first-order chi connectivity index (χ1) is 19.0. The van der Waals surface area contributed by atoms with Gasteiger partial charge in [-0.3, -0.25) is 9.52 Å². The highest BCUT2D eigenvalue weighted by molar-refractivity contribution is 7.98. The summed E-state index contributed by atoms with van der Waals surface area (Å²) in [5.41, 5.74) is 1.23. The second-order valence-corrected chi connectivity index (χ2v) is 13.4. The summed E-state index contributed by atoms with van der Waals surface area (Å²) in [7, 11) is -3.80. The molecule has 0 bridgehead atoms. The number of nitrogens with zero attached hydrogens (tertiary/aromatic N) is 4. The Hall–Kier alpha value is -2.71. The van der Waals surface area contributed by atoms with Crippen molar-refractivity contribution < 1.29 is 27.1 Å². The van der Waals surface area contributed by atoms with E-state index in [0.717, 1.165) is 30.8 Å². The van der Waals surface area contributed by atoms with Crippen LogP contribution in [-0.4, -0.2) is 80.1 Å². The molecule has 218 valence electrons. The number of hydrogen-bond acceptors (Lipinski definition) is 9. The van der Waals surface area contributed by atoms with Gasteiger partial charge in [0.25, 0.3) is 11.8 Å². The highest BCUT2D eigenvalue weighted by Gasteiger charge is 2.44. The highest BCUT2D eigenvalue weighted by Crippen LogP contribution is 2.54. The van der Waals surface area contributed by atoms with E-state index in [4.69, 9.17) is 5.11 Å². The lowest BCUT2D eigenvalue weighted by molar-refractivity contribution is -0.0222. The highest BCUT2D eigenvalue weighted by atomic mass is 32.2. The van der Waals surface area contributed by atoms with Crippen molar-refractivity contribution in [1.29, 1.82) is 0 Å². The molecule has 3 aliphatic rings. The van der Waals surface area contributed by atoms with E-state index in [-0.39, 0.29) is 43.1 Å². The Morgan fingerprint density at radius 1 is 1.05 bits per heavy atom. The van der Waals surface area contributed by atoms with Crippen molar-refractivity contribution in [3.63, 3.8) is 0 Å². The van der Waals surface area contributed by atoms with E-state index in [1.807, 2.05) is 17.2 Å². The zero-order chi connectivity index (χ0) is 28.5. The predicted molar refractivity (Wildman–Crippen MR) is 152 cm³/mol. The van der Waals surface area contributed by atoms with Crippen molar-refractivity contribution in [3.05, 3.63) is 30.0 Å². The van der Waals surface area contributed by atoms with Gasteiger partial charge in [-0.25, -0.2) is 27.2 Å². The Morgan fingerprint density at radius 3 is 2.35 bits per heavy atom.